The van der Waals surface area contributed by atoms with E-state index in [2.05, 4.69) is 20.6 Å². The van der Waals surface area contributed by atoms with E-state index >= 15 is 0 Å². The second kappa shape index (κ2) is 8.97. The van der Waals surface area contributed by atoms with Gasteiger partial charge in [0.25, 0.3) is 5.91 Å². The standard InChI is InChI=1S/C22H23N5O2/c1-4-27(19-11-6-5-7-12-19)21-14-20(23-15(2)24-21)22(29)26-18-10-8-9-17(13-18)25-16(3)28/h5-14H,4H2,1-3H3,(H,25,28)(H,26,29). The Kier molecular flexibility index (Phi) is 6.19. The van der Waals surface area contributed by atoms with Crippen molar-refractivity contribution in [2.24, 2.45) is 0 Å². The third-order valence-corrected chi connectivity index (χ3v) is 4.16. The molecule has 0 radical (unpaired) electrons. The van der Waals surface area contributed by atoms with Gasteiger partial charge in [-0.05, 0) is 44.2 Å². The lowest BCUT2D eigenvalue weighted by Crippen LogP contribution is -2.21. The van der Waals surface area contributed by atoms with Crippen molar-refractivity contribution in [1.82, 2.24) is 9.97 Å². The van der Waals surface area contributed by atoms with Crippen LogP contribution in [0, 0.1) is 6.92 Å². The Balaban J connectivity index is 1.86. The number of aryl methyl sites for hydroxylation is 1. The highest BCUT2D eigenvalue weighted by atomic mass is 16.2. The third kappa shape index (κ3) is 5.16. The van der Waals surface area contributed by atoms with Crippen molar-refractivity contribution in [3.8, 4) is 0 Å². The van der Waals surface area contributed by atoms with Gasteiger partial charge in [0.1, 0.15) is 17.3 Å². The van der Waals surface area contributed by atoms with Crippen LogP contribution in [0.4, 0.5) is 22.9 Å². The number of aromatic nitrogens is 2. The number of para-hydroxylation sites is 1. The van der Waals surface area contributed by atoms with Gasteiger partial charge in [-0.3, -0.25) is 9.59 Å². The predicted octanol–water partition coefficient (Wildman–Crippen LogP) is 4.15. The number of rotatable bonds is 6. The number of carbonyl (C=O) groups is 2. The lowest BCUT2D eigenvalue weighted by Gasteiger charge is -2.22. The van der Waals surface area contributed by atoms with Crippen LogP contribution in [-0.2, 0) is 4.79 Å². The van der Waals surface area contributed by atoms with Crippen LogP contribution in [0.3, 0.4) is 0 Å². The SMILES string of the molecule is CCN(c1ccccc1)c1cc(C(=O)Nc2cccc(NC(C)=O)c2)nc(C)n1. The summed E-state index contributed by atoms with van der Waals surface area (Å²) >= 11 is 0. The summed E-state index contributed by atoms with van der Waals surface area (Å²) in [7, 11) is 0. The van der Waals surface area contributed by atoms with E-state index in [9.17, 15) is 9.59 Å². The molecule has 0 unspecified atom stereocenters. The van der Waals surface area contributed by atoms with Crippen LogP contribution >= 0.6 is 0 Å². The van der Waals surface area contributed by atoms with Crippen LogP contribution in [-0.4, -0.2) is 28.3 Å². The van der Waals surface area contributed by atoms with Crippen molar-refractivity contribution in [2.75, 3.05) is 22.1 Å². The summed E-state index contributed by atoms with van der Waals surface area (Å²) in [5, 5.41) is 5.52. The van der Waals surface area contributed by atoms with Crippen molar-refractivity contribution >= 4 is 34.7 Å². The molecule has 0 saturated carbocycles. The number of carbonyl (C=O) groups excluding carboxylic acids is 2. The highest BCUT2D eigenvalue weighted by Gasteiger charge is 2.15. The molecule has 0 aliphatic carbocycles. The van der Waals surface area contributed by atoms with E-state index in [1.165, 1.54) is 6.92 Å². The summed E-state index contributed by atoms with van der Waals surface area (Å²) in [4.78, 5) is 34.8. The Morgan fingerprint density at radius 1 is 0.931 bits per heavy atom. The fraction of sp³-hybridized carbons (Fsp3) is 0.182. The predicted molar refractivity (Wildman–Crippen MR) is 115 cm³/mol. The van der Waals surface area contributed by atoms with E-state index < -0.39 is 0 Å². The lowest BCUT2D eigenvalue weighted by atomic mass is 10.2. The molecule has 1 aromatic heterocycles. The van der Waals surface area contributed by atoms with Gasteiger partial charge in [0.05, 0.1) is 0 Å². The van der Waals surface area contributed by atoms with Gasteiger partial charge in [-0.15, -0.1) is 0 Å². The molecule has 148 valence electrons. The van der Waals surface area contributed by atoms with E-state index in [0.717, 1.165) is 5.69 Å². The number of amides is 2. The summed E-state index contributed by atoms with van der Waals surface area (Å²) in [5.41, 5.74) is 2.43. The topological polar surface area (TPSA) is 87.2 Å². The van der Waals surface area contributed by atoms with Crippen molar-refractivity contribution in [3.63, 3.8) is 0 Å². The summed E-state index contributed by atoms with van der Waals surface area (Å²) < 4.78 is 0. The third-order valence-electron chi connectivity index (χ3n) is 4.16. The van der Waals surface area contributed by atoms with Crippen LogP contribution in [0.5, 0.6) is 0 Å². The van der Waals surface area contributed by atoms with Gasteiger partial charge in [-0.2, -0.15) is 0 Å². The number of hydrogen-bond donors (Lipinski definition) is 2. The minimum atomic E-state index is -0.346. The lowest BCUT2D eigenvalue weighted by molar-refractivity contribution is -0.114. The average Bonchev–Trinajstić information content (AvgIpc) is 2.69. The molecule has 2 aromatic carbocycles. The molecule has 0 fully saturated rings. The quantitative estimate of drug-likeness (QED) is 0.661. The molecule has 0 atom stereocenters. The molecule has 0 aliphatic heterocycles. The smallest absolute Gasteiger partial charge is 0.274 e. The van der Waals surface area contributed by atoms with Crippen molar-refractivity contribution in [1.29, 1.82) is 0 Å². The zero-order chi connectivity index (χ0) is 20.8. The highest BCUT2D eigenvalue weighted by Crippen LogP contribution is 2.24. The molecule has 0 saturated heterocycles. The van der Waals surface area contributed by atoms with E-state index in [1.807, 2.05) is 42.2 Å². The first-order chi connectivity index (χ1) is 14.0. The Morgan fingerprint density at radius 3 is 2.28 bits per heavy atom. The minimum absolute atomic E-state index is 0.176. The summed E-state index contributed by atoms with van der Waals surface area (Å²) in [6, 6.07) is 18.5. The van der Waals surface area contributed by atoms with E-state index in [-0.39, 0.29) is 17.5 Å². The maximum Gasteiger partial charge on any atom is 0.274 e. The van der Waals surface area contributed by atoms with E-state index in [0.29, 0.717) is 29.6 Å². The molecule has 7 heteroatoms. The van der Waals surface area contributed by atoms with Crippen LogP contribution in [0.1, 0.15) is 30.2 Å². The number of nitrogens with one attached hydrogen (secondary N) is 2. The maximum atomic E-state index is 12.8. The molecule has 2 N–H and O–H groups in total. The first-order valence-electron chi connectivity index (χ1n) is 9.33. The Hall–Kier alpha value is -3.74. The van der Waals surface area contributed by atoms with Gasteiger partial charge >= 0.3 is 0 Å². The zero-order valence-electron chi connectivity index (χ0n) is 16.6. The normalized spacial score (nSPS) is 10.3. The van der Waals surface area contributed by atoms with E-state index in [4.69, 9.17) is 0 Å². The summed E-state index contributed by atoms with van der Waals surface area (Å²) in [5.74, 6) is 0.642. The van der Waals surface area contributed by atoms with E-state index in [1.54, 1.807) is 37.3 Å². The monoisotopic (exact) mass is 389 g/mol. The Morgan fingerprint density at radius 2 is 1.62 bits per heavy atom. The first kappa shape index (κ1) is 20.0. The molecular weight excluding hydrogens is 366 g/mol. The molecule has 2 amide bonds. The number of anilines is 4. The van der Waals surface area contributed by atoms with Gasteiger partial charge in [0.2, 0.25) is 5.91 Å². The molecule has 1 heterocycles. The van der Waals surface area contributed by atoms with Gasteiger partial charge in [-0.25, -0.2) is 9.97 Å². The molecular formula is C22H23N5O2. The molecule has 3 aromatic rings. The number of benzene rings is 2. The zero-order valence-corrected chi connectivity index (χ0v) is 16.6. The van der Waals surface area contributed by atoms with Crippen LogP contribution in [0.15, 0.2) is 60.7 Å². The largest absolute Gasteiger partial charge is 0.327 e. The van der Waals surface area contributed by atoms with Crippen molar-refractivity contribution < 1.29 is 9.59 Å². The Bertz CT molecular complexity index is 1020. The molecule has 0 bridgehead atoms. The second-order valence-corrected chi connectivity index (χ2v) is 6.45. The second-order valence-electron chi connectivity index (χ2n) is 6.45. The highest BCUT2D eigenvalue weighted by molar-refractivity contribution is 6.03. The summed E-state index contributed by atoms with van der Waals surface area (Å²) in [6.07, 6.45) is 0. The maximum absolute atomic E-state index is 12.8. The van der Waals surface area contributed by atoms with Gasteiger partial charge in [0, 0.05) is 36.6 Å². The average molecular weight is 389 g/mol. The minimum Gasteiger partial charge on any atom is -0.327 e. The van der Waals surface area contributed by atoms with Crippen LogP contribution in [0.2, 0.25) is 0 Å². The van der Waals surface area contributed by atoms with Crippen LogP contribution in [0.25, 0.3) is 0 Å². The van der Waals surface area contributed by atoms with Gasteiger partial charge in [0.15, 0.2) is 0 Å². The molecule has 0 spiro atoms. The molecule has 0 aliphatic rings. The fourth-order valence-electron chi connectivity index (χ4n) is 2.96. The first-order valence-corrected chi connectivity index (χ1v) is 9.33. The molecule has 3 rings (SSSR count). The van der Waals surface area contributed by atoms with Crippen LogP contribution < -0.4 is 15.5 Å². The Labute approximate surface area is 169 Å². The van der Waals surface area contributed by atoms with Crippen molar-refractivity contribution in [3.05, 3.63) is 72.2 Å². The fourth-order valence-corrected chi connectivity index (χ4v) is 2.96. The number of hydrogen-bond acceptors (Lipinski definition) is 5. The number of nitrogens with zero attached hydrogens (tertiary/aromatic N) is 3. The summed E-state index contributed by atoms with van der Waals surface area (Å²) in [6.45, 7) is 5.91. The van der Waals surface area contributed by atoms with Crippen molar-refractivity contribution in [2.45, 2.75) is 20.8 Å². The molecule has 7 nitrogen and oxygen atoms in total. The van der Waals surface area contributed by atoms with Gasteiger partial charge < -0.3 is 15.5 Å². The van der Waals surface area contributed by atoms with Gasteiger partial charge in [-0.1, -0.05) is 24.3 Å². The molecule has 29 heavy (non-hydrogen) atoms.